The lowest BCUT2D eigenvalue weighted by atomic mass is 9.77. The van der Waals surface area contributed by atoms with Crippen molar-refractivity contribution < 1.29 is 52.4 Å². The fourth-order valence-corrected chi connectivity index (χ4v) is 14.2. The predicted octanol–water partition coefficient (Wildman–Crippen LogP) is 11.8. The molecular formula is C68H63N7O11S4. The molecule has 22 heteroatoms. The van der Waals surface area contributed by atoms with Gasteiger partial charge in [0.2, 0.25) is 0 Å². The molecule has 2 aromatic heterocycles. The summed E-state index contributed by atoms with van der Waals surface area (Å²) in [4.78, 5) is 57.4. The molecule has 2 N–H and O–H groups in total. The molecule has 9 aromatic rings. The lowest BCUT2D eigenvalue weighted by Crippen LogP contribution is -2.71. The van der Waals surface area contributed by atoms with Gasteiger partial charge in [-0.3, -0.25) is 14.5 Å². The van der Waals surface area contributed by atoms with Gasteiger partial charge in [0, 0.05) is 36.7 Å². The number of hydrogen-bond acceptors (Lipinski definition) is 20. The topological polar surface area (TPSA) is 203 Å². The highest BCUT2D eigenvalue weighted by Crippen LogP contribution is 2.45. The molecule has 0 unspecified atom stereocenters. The zero-order chi connectivity index (χ0) is 61.9. The van der Waals surface area contributed by atoms with E-state index in [1.807, 2.05) is 152 Å². The van der Waals surface area contributed by atoms with Crippen LogP contribution in [-0.2, 0) is 55.1 Å². The van der Waals surface area contributed by atoms with Crippen molar-refractivity contribution >= 4 is 74.8 Å². The zero-order valence-electron chi connectivity index (χ0n) is 49.1. The fourth-order valence-electron chi connectivity index (χ4n) is 10.1. The number of β-lactam (4-membered cyclic amide) rings is 1. The summed E-state index contributed by atoms with van der Waals surface area (Å²) in [7, 11) is 3.19. The van der Waals surface area contributed by atoms with Crippen LogP contribution in [-0.4, -0.2) is 121 Å². The number of nitrogens with zero attached hydrogens (tertiary/aromatic N) is 5. The number of anilines is 1. The maximum absolute atomic E-state index is 15.1. The van der Waals surface area contributed by atoms with Crippen LogP contribution < -0.4 is 20.1 Å². The Morgan fingerprint density at radius 2 is 1.27 bits per heavy atom. The molecule has 7 aromatic carbocycles. The molecule has 2 atom stereocenters. The number of thioether (sulfide) groups is 2. The first-order valence-electron chi connectivity index (χ1n) is 28.7. The Morgan fingerprint density at radius 1 is 0.700 bits per heavy atom. The van der Waals surface area contributed by atoms with Crippen LogP contribution in [0.15, 0.2) is 226 Å². The van der Waals surface area contributed by atoms with Crippen molar-refractivity contribution in [2.45, 2.75) is 34.0 Å². The number of aromatic nitrogens is 3. The van der Waals surface area contributed by atoms with Gasteiger partial charge in [0.05, 0.1) is 26.4 Å². The van der Waals surface area contributed by atoms with E-state index in [-0.39, 0.29) is 43.0 Å². The number of carbonyl (C=O) groups excluding carboxylic acids is 3. The third kappa shape index (κ3) is 15.1. The summed E-state index contributed by atoms with van der Waals surface area (Å²) in [6.07, 6.45) is -0.817. The maximum Gasteiger partial charge on any atom is 0.356 e. The first-order valence-corrected chi connectivity index (χ1v) is 32.5. The second-order valence-electron chi connectivity index (χ2n) is 20.3. The summed E-state index contributed by atoms with van der Waals surface area (Å²) in [6, 6.07) is 63.0. The second-order valence-corrected chi connectivity index (χ2v) is 24.4. The monoisotopic (exact) mass is 1280 g/mol. The molecule has 0 aliphatic carbocycles. The van der Waals surface area contributed by atoms with Gasteiger partial charge in [-0.2, -0.15) is 0 Å². The van der Waals surface area contributed by atoms with Crippen LogP contribution in [0.25, 0.3) is 10.6 Å². The second kappa shape index (κ2) is 31.2. The average Bonchev–Trinajstić information content (AvgIpc) is 0.782. The van der Waals surface area contributed by atoms with E-state index in [0.717, 1.165) is 33.4 Å². The lowest BCUT2D eigenvalue weighted by molar-refractivity contribution is -0.154. The van der Waals surface area contributed by atoms with Crippen LogP contribution >= 0.6 is 46.2 Å². The van der Waals surface area contributed by atoms with E-state index in [0.29, 0.717) is 69.3 Å². The summed E-state index contributed by atoms with van der Waals surface area (Å²) < 4.78 is 40.3. The molecule has 11 rings (SSSR count). The Morgan fingerprint density at radius 3 is 1.86 bits per heavy atom. The summed E-state index contributed by atoms with van der Waals surface area (Å²) in [5.41, 5.74) is 5.80. The molecule has 2 aliphatic heterocycles. The van der Waals surface area contributed by atoms with Crippen LogP contribution in [0, 0.1) is 0 Å². The standard InChI is InChI=1S/C68H63N7O11S4/c1-79-35-37-81-44-83-55-34-33-49(39-56(55)84-45-82-38-36-80-2)62-72-73-67(90-62)89-42-50-41-87-64-58(63(77)75(64)59(50)65(78)86-60(47-23-11-4-12-24-47)48-25-13-5-14-26-48)70-61(76)57(74-85-40-46-21-9-3-10-22-46)54-43-88-66(69-54)71-68(51-27-15-6-16-28-51,52-29-17-7-18-30-52)53-31-19-8-20-32-53/h3-34,39,43,58,60,64H,35-38,40-42,44-45H2,1-2H3,(H,69,71)(H,70,76)/t58-,64-/m1/s1. The number of methoxy groups -OCH3 is 2. The molecule has 18 nitrogen and oxygen atoms in total. The summed E-state index contributed by atoms with van der Waals surface area (Å²) in [6.45, 7) is 1.48. The molecule has 90 heavy (non-hydrogen) atoms. The summed E-state index contributed by atoms with van der Waals surface area (Å²) in [5.74, 6) is -0.510. The molecule has 0 saturated carbocycles. The van der Waals surface area contributed by atoms with E-state index >= 15 is 4.79 Å². The van der Waals surface area contributed by atoms with Crippen molar-refractivity contribution in [3.05, 3.63) is 256 Å². The van der Waals surface area contributed by atoms with Gasteiger partial charge in [-0.1, -0.05) is 210 Å². The Balaban J connectivity index is 0.869. The highest BCUT2D eigenvalue weighted by atomic mass is 32.2. The highest BCUT2D eigenvalue weighted by molar-refractivity contribution is 8.01. The number of carbonyl (C=O) groups is 3. The number of thiazole rings is 1. The molecule has 4 heterocycles. The smallest absolute Gasteiger partial charge is 0.356 e. The molecule has 1 saturated heterocycles. The van der Waals surface area contributed by atoms with Crippen molar-refractivity contribution in [2.24, 2.45) is 5.16 Å². The van der Waals surface area contributed by atoms with Gasteiger partial charge in [-0.05, 0) is 57.2 Å². The quantitative estimate of drug-likeness (QED) is 0.00606. The number of hydrogen-bond donors (Lipinski definition) is 2. The van der Waals surface area contributed by atoms with Gasteiger partial charge in [-0.15, -0.1) is 33.3 Å². The Labute approximate surface area is 537 Å². The highest BCUT2D eigenvalue weighted by Gasteiger charge is 2.55. The van der Waals surface area contributed by atoms with E-state index in [9.17, 15) is 9.59 Å². The number of esters is 1. The third-order valence-electron chi connectivity index (χ3n) is 14.5. The van der Waals surface area contributed by atoms with Crippen LogP contribution in [0.4, 0.5) is 5.13 Å². The van der Waals surface area contributed by atoms with Crippen molar-refractivity contribution in [1.29, 1.82) is 0 Å². The normalized spacial score (nSPS) is 14.8. The predicted molar refractivity (Wildman–Crippen MR) is 348 cm³/mol. The Kier molecular flexibility index (Phi) is 21.8. The largest absolute Gasteiger partial charge is 0.464 e. The van der Waals surface area contributed by atoms with Gasteiger partial charge in [0.25, 0.3) is 11.8 Å². The number of ether oxygens (including phenoxy) is 7. The van der Waals surface area contributed by atoms with Gasteiger partial charge in [-0.25, -0.2) is 9.78 Å². The number of benzene rings is 7. The van der Waals surface area contributed by atoms with Crippen LogP contribution in [0.2, 0.25) is 0 Å². The van der Waals surface area contributed by atoms with E-state index in [1.165, 1.54) is 51.1 Å². The minimum Gasteiger partial charge on any atom is -0.464 e. The van der Waals surface area contributed by atoms with Crippen LogP contribution in [0.3, 0.4) is 0 Å². The van der Waals surface area contributed by atoms with Crippen LogP contribution in [0.5, 0.6) is 11.5 Å². The van der Waals surface area contributed by atoms with E-state index in [2.05, 4.69) is 62.4 Å². The minimum atomic E-state index is -1.08. The Bertz CT molecular complexity index is 3730. The van der Waals surface area contributed by atoms with Crippen molar-refractivity contribution in [3.63, 3.8) is 0 Å². The van der Waals surface area contributed by atoms with Gasteiger partial charge in [0.1, 0.15) is 40.0 Å². The number of oxime groups is 1. The first-order chi connectivity index (χ1) is 44.3. The number of amides is 2. The van der Waals surface area contributed by atoms with Crippen molar-refractivity contribution in [3.8, 4) is 22.1 Å². The molecular weight excluding hydrogens is 1220 g/mol. The summed E-state index contributed by atoms with van der Waals surface area (Å²) in [5, 5.41) is 22.4. The molecule has 0 bridgehead atoms. The maximum atomic E-state index is 15.1. The van der Waals surface area contributed by atoms with Gasteiger partial charge in [0.15, 0.2) is 46.4 Å². The lowest BCUT2D eigenvalue weighted by Gasteiger charge is -2.49. The van der Waals surface area contributed by atoms with Crippen LogP contribution in [0.1, 0.15) is 45.2 Å². The molecule has 1 fully saturated rings. The number of fused-ring (bicyclic) bond motifs is 1. The fraction of sp³-hybridized carbons (Fsp3) is 0.221. The molecule has 460 valence electrons. The number of nitrogens with one attached hydrogen (secondary N) is 2. The summed E-state index contributed by atoms with van der Waals surface area (Å²) >= 11 is 5.44. The first kappa shape index (κ1) is 62.9. The van der Waals surface area contributed by atoms with Gasteiger partial charge < -0.3 is 48.6 Å². The van der Waals surface area contributed by atoms with Gasteiger partial charge >= 0.3 is 5.97 Å². The average molecular weight is 1280 g/mol. The molecule has 0 radical (unpaired) electrons. The molecule has 2 amide bonds. The Hall–Kier alpha value is -8.71. The van der Waals surface area contributed by atoms with Crippen molar-refractivity contribution in [2.75, 3.05) is 71.1 Å². The molecule has 2 aliphatic rings. The number of rotatable bonds is 31. The third-order valence-corrected chi connectivity index (χ3v) is 18.8. The van der Waals surface area contributed by atoms with E-state index < -0.39 is 40.8 Å². The van der Waals surface area contributed by atoms with E-state index in [4.69, 9.17) is 43.0 Å². The zero-order valence-corrected chi connectivity index (χ0v) is 52.4. The SMILES string of the molecule is COCCOCOc1ccc(-c2nnc(SCC3=C(C(=O)OC(c4ccccc4)c4ccccc4)N4C(=O)[C@@H](NC(=O)C(=NOCc5ccccc5)c5csc(NC(c6ccccc6)(c6ccccc6)c6ccccc6)n5)[C@H]4SC3)s2)cc1OCOCCOC. The van der Waals surface area contributed by atoms with Crippen molar-refractivity contribution in [1.82, 2.24) is 25.4 Å². The molecule has 0 spiro atoms. The minimum absolute atomic E-state index is 0.0268. The van der Waals surface area contributed by atoms with E-state index in [1.54, 1.807) is 31.7 Å².